The van der Waals surface area contributed by atoms with Crippen LogP contribution in [0.5, 0.6) is 0 Å². The summed E-state index contributed by atoms with van der Waals surface area (Å²) >= 11 is 5.69. The molecule has 0 spiro atoms. The Morgan fingerprint density at radius 1 is 1.44 bits per heavy atom. The van der Waals surface area contributed by atoms with Crippen LogP contribution in [0.2, 0.25) is 5.02 Å². The van der Waals surface area contributed by atoms with Crippen molar-refractivity contribution in [2.24, 2.45) is 5.73 Å². The Hall–Kier alpha value is -0.640. The number of hydrogen-bond acceptors (Lipinski definition) is 2. The molecule has 0 heterocycles. The molecule has 4 heteroatoms. The van der Waals surface area contributed by atoms with E-state index < -0.39 is 0 Å². The third kappa shape index (κ3) is 3.17. The summed E-state index contributed by atoms with van der Waals surface area (Å²) < 4.78 is 12.9. The Balaban J connectivity index is 1.74. The lowest BCUT2D eigenvalue weighted by atomic mass is 10.1. The van der Waals surface area contributed by atoms with Crippen LogP contribution in [-0.2, 0) is 6.42 Å². The van der Waals surface area contributed by atoms with Crippen LogP contribution in [0.3, 0.4) is 0 Å². The molecule has 1 fully saturated rings. The SMILES string of the molecule is NC1(CNCCc2ccc(F)c(Cl)c2)CC1. The molecule has 0 unspecified atom stereocenters. The maximum atomic E-state index is 12.9. The molecular formula is C12H16ClFN2. The first-order valence-corrected chi connectivity index (χ1v) is 5.90. The van der Waals surface area contributed by atoms with Crippen LogP contribution >= 0.6 is 11.6 Å². The number of halogens is 2. The van der Waals surface area contributed by atoms with Gasteiger partial charge >= 0.3 is 0 Å². The van der Waals surface area contributed by atoms with Crippen molar-refractivity contribution in [3.8, 4) is 0 Å². The normalized spacial score (nSPS) is 17.4. The zero-order valence-corrected chi connectivity index (χ0v) is 9.86. The average molecular weight is 243 g/mol. The highest BCUT2D eigenvalue weighted by atomic mass is 35.5. The maximum Gasteiger partial charge on any atom is 0.141 e. The predicted molar refractivity (Wildman–Crippen MR) is 64.1 cm³/mol. The van der Waals surface area contributed by atoms with Gasteiger partial charge in [-0.25, -0.2) is 4.39 Å². The molecule has 0 aliphatic heterocycles. The van der Waals surface area contributed by atoms with E-state index in [1.807, 2.05) is 0 Å². The summed E-state index contributed by atoms with van der Waals surface area (Å²) in [5, 5.41) is 3.50. The van der Waals surface area contributed by atoms with Crippen LogP contribution in [-0.4, -0.2) is 18.6 Å². The van der Waals surface area contributed by atoms with E-state index in [-0.39, 0.29) is 16.4 Å². The predicted octanol–water partition coefficient (Wildman–Crippen LogP) is 2.10. The van der Waals surface area contributed by atoms with Gasteiger partial charge in [0.2, 0.25) is 0 Å². The molecule has 16 heavy (non-hydrogen) atoms. The van der Waals surface area contributed by atoms with E-state index in [4.69, 9.17) is 17.3 Å². The lowest BCUT2D eigenvalue weighted by molar-refractivity contribution is 0.570. The third-order valence-corrected chi connectivity index (χ3v) is 3.23. The van der Waals surface area contributed by atoms with E-state index in [1.165, 1.54) is 6.07 Å². The van der Waals surface area contributed by atoms with Crippen molar-refractivity contribution in [3.05, 3.63) is 34.6 Å². The van der Waals surface area contributed by atoms with Crippen molar-refractivity contribution >= 4 is 11.6 Å². The van der Waals surface area contributed by atoms with Crippen LogP contribution in [0.15, 0.2) is 18.2 Å². The highest BCUT2D eigenvalue weighted by Gasteiger charge is 2.37. The van der Waals surface area contributed by atoms with Crippen molar-refractivity contribution in [2.45, 2.75) is 24.8 Å². The third-order valence-electron chi connectivity index (χ3n) is 2.94. The maximum absolute atomic E-state index is 12.9. The van der Waals surface area contributed by atoms with Crippen molar-refractivity contribution in [2.75, 3.05) is 13.1 Å². The number of hydrogen-bond donors (Lipinski definition) is 2. The molecule has 2 nitrogen and oxygen atoms in total. The zero-order valence-electron chi connectivity index (χ0n) is 9.10. The second-order valence-corrected chi connectivity index (χ2v) is 4.94. The fraction of sp³-hybridized carbons (Fsp3) is 0.500. The first-order valence-electron chi connectivity index (χ1n) is 5.53. The second kappa shape index (κ2) is 4.70. The van der Waals surface area contributed by atoms with E-state index in [2.05, 4.69) is 5.32 Å². The topological polar surface area (TPSA) is 38.0 Å². The first-order chi connectivity index (χ1) is 7.59. The fourth-order valence-corrected chi connectivity index (χ4v) is 1.81. The van der Waals surface area contributed by atoms with Gasteiger partial charge in [0.25, 0.3) is 0 Å². The van der Waals surface area contributed by atoms with Gasteiger partial charge in [-0.1, -0.05) is 17.7 Å². The van der Waals surface area contributed by atoms with Crippen LogP contribution in [0.4, 0.5) is 4.39 Å². The summed E-state index contributed by atoms with van der Waals surface area (Å²) in [7, 11) is 0. The van der Waals surface area contributed by atoms with Crippen LogP contribution in [0.25, 0.3) is 0 Å². The van der Waals surface area contributed by atoms with Crippen LogP contribution < -0.4 is 11.1 Å². The second-order valence-electron chi connectivity index (χ2n) is 4.54. The van der Waals surface area contributed by atoms with Crippen molar-refractivity contribution in [1.82, 2.24) is 5.32 Å². The Morgan fingerprint density at radius 2 is 2.19 bits per heavy atom. The van der Waals surface area contributed by atoms with E-state index >= 15 is 0 Å². The molecule has 2 rings (SSSR count). The van der Waals surface area contributed by atoms with Gasteiger partial charge < -0.3 is 11.1 Å². The van der Waals surface area contributed by atoms with Gasteiger partial charge in [0, 0.05) is 12.1 Å². The molecule has 3 N–H and O–H groups in total. The number of rotatable bonds is 5. The molecule has 0 atom stereocenters. The van der Waals surface area contributed by atoms with Gasteiger partial charge in [-0.3, -0.25) is 0 Å². The smallest absolute Gasteiger partial charge is 0.141 e. The molecule has 1 saturated carbocycles. The molecule has 0 aromatic heterocycles. The first kappa shape index (κ1) is 11.8. The fourth-order valence-electron chi connectivity index (χ4n) is 1.60. The molecular weight excluding hydrogens is 227 g/mol. The highest BCUT2D eigenvalue weighted by Crippen LogP contribution is 2.30. The van der Waals surface area contributed by atoms with Gasteiger partial charge in [0.05, 0.1) is 5.02 Å². The molecule has 0 amide bonds. The van der Waals surface area contributed by atoms with Crippen LogP contribution in [0, 0.1) is 5.82 Å². The van der Waals surface area contributed by atoms with Crippen molar-refractivity contribution in [1.29, 1.82) is 0 Å². The Labute approximate surface area is 100.0 Å². The van der Waals surface area contributed by atoms with Gasteiger partial charge in [0.15, 0.2) is 0 Å². The number of nitrogens with one attached hydrogen (secondary N) is 1. The molecule has 0 radical (unpaired) electrons. The largest absolute Gasteiger partial charge is 0.324 e. The molecule has 1 aliphatic carbocycles. The molecule has 0 bridgehead atoms. The number of nitrogens with two attached hydrogens (primary N) is 1. The Kier molecular flexibility index (Phi) is 3.47. The minimum atomic E-state index is -0.364. The summed E-state index contributed by atoms with van der Waals surface area (Å²) in [6.45, 7) is 1.71. The number of benzene rings is 1. The van der Waals surface area contributed by atoms with Crippen molar-refractivity contribution in [3.63, 3.8) is 0 Å². The minimum Gasteiger partial charge on any atom is -0.324 e. The van der Waals surface area contributed by atoms with Gasteiger partial charge in [-0.05, 0) is 43.5 Å². The quantitative estimate of drug-likeness (QED) is 0.777. The molecule has 1 aromatic rings. The van der Waals surface area contributed by atoms with Crippen molar-refractivity contribution < 1.29 is 4.39 Å². The summed E-state index contributed by atoms with van der Waals surface area (Å²) in [5.74, 6) is -0.364. The summed E-state index contributed by atoms with van der Waals surface area (Å²) in [5.41, 5.74) is 7.02. The lowest BCUT2D eigenvalue weighted by Crippen LogP contribution is -2.36. The highest BCUT2D eigenvalue weighted by molar-refractivity contribution is 6.30. The zero-order chi connectivity index (χ0) is 11.6. The minimum absolute atomic E-state index is 0.0421. The van der Waals surface area contributed by atoms with Gasteiger partial charge in [-0.2, -0.15) is 0 Å². The lowest BCUT2D eigenvalue weighted by Gasteiger charge is -2.10. The summed E-state index contributed by atoms with van der Waals surface area (Å²) in [6, 6.07) is 4.84. The molecule has 1 aromatic carbocycles. The molecule has 88 valence electrons. The van der Waals surface area contributed by atoms with Gasteiger partial charge in [0.1, 0.15) is 5.82 Å². The van der Waals surface area contributed by atoms with E-state index in [9.17, 15) is 4.39 Å². The molecule has 0 saturated heterocycles. The Morgan fingerprint density at radius 3 is 2.81 bits per heavy atom. The molecule has 1 aliphatic rings. The summed E-state index contributed by atoms with van der Waals surface area (Å²) in [6.07, 6.45) is 3.07. The van der Waals surface area contributed by atoms with E-state index in [0.29, 0.717) is 0 Å². The van der Waals surface area contributed by atoms with Gasteiger partial charge in [-0.15, -0.1) is 0 Å². The standard InChI is InChI=1S/C12H16ClFN2/c13-10-7-9(1-2-11(10)14)3-6-16-8-12(15)4-5-12/h1-2,7,16H,3-6,8,15H2. The van der Waals surface area contributed by atoms with E-state index in [1.54, 1.807) is 12.1 Å². The van der Waals surface area contributed by atoms with E-state index in [0.717, 1.165) is 37.9 Å². The average Bonchev–Trinajstić information content (AvgIpc) is 2.97. The summed E-state index contributed by atoms with van der Waals surface area (Å²) in [4.78, 5) is 0. The van der Waals surface area contributed by atoms with Crippen LogP contribution in [0.1, 0.15) is 18.4 Å². The monoisotopic (exact) mass is 242 g/mol. The Bertz CT molecular complexity index is 377.